The number of guanidine groups is 1. The first-order valence-electron chi connectivity index (χ1n) is 12.7. The zero-order chi connectivity index (χ0) is 32.9. The number of hydrogen-bond acceptors (Lipinski definition) is 9. The monoisotopic (exact) mass is 895 g/mol. The fraction of sp³-hybridized carbons (Fsp3) is 0.208. The standard InChI is InChI=1S/C24H25Br4N11O5S/c25-11-9-14(34-17(11)27)19(40)31-5-1-3-13-16(37-22(29)36-13)24(21(38-23(30)39-24)33-7-8-45(42,43)44)4-2-6-32-20(41)15-10-12(26)18(28)35-15/h1-4,9-10,34-35H,5-8H2,(H,31,40)(H,32,41)(H3,29,36,37)(H,42,43,44)(H3,30,33,38,39)/b3-1+,4-2-. The zero-order valence-electron chi connectivity index (χ0n) is 22.8. The van der Waals surface area contributed by atoms with Gasteiger partial charge in [-0.05, 0) is 88.0 Å². The number of carbonyl (C=O) groups excluding carboxylic acids is 2. The van der Waals surface area contributed by atoms with E-state index < -0.39 is 21.4 Å². The largest absolute Gasteiger partial charge is 0.370 e. The number of H-pyrrole nitrogens is 3. The van der Waals surface area contributed by atoms with Crippen molar-refractivity contribution in [2.24, 2.45) is 15.7 Å². The van der Waals surface area contributed by atoms with Gasteiger partial charge in [0.25, 0.3) is 21.9 Å². The lowest BCUT2D eigenvalue weighted by molar-refractivity contribution is 0.0945. The van der Waals surface area contributed by atoms with Gasteiger partial charge in [0.2, 0.25) is 0 Å². The summed E-state index contributed by atoms with van der Waals surface area (Å²) >= 11 is 13.2. The van der Waals surface area contributed by atoms with Crippen molar-refractivity contribution in [3.63, 3.8) is 0 Å². The molecule has 1 atom stereocenters. The minimum absolute atomic E-state index is 0.0247. The molecular formula is C24H25Br4N11O5S. The second-order valence-corrected chi connectivity index (χ2v) is 14.1. The number of aliphatic imine (C=N–C) groups is 2. The van der Waals surface area contributed by atoms with Crippen LogP contribution in [0, 0.1) is 0 Å². The van der Waals surface area contributed by atoms with Crippen molar-refractivity contribution in [1.82, 2.24) is 35.9 Å². The summed E-state index contributed by atoms with van der Waals surface area (Å²) in [4.78, 5) is 47.0. The van der Waals surface area contributed by atoms with Crippen molar-refractivity contribution in [3.8, 4) is 0 Å². The van der Waals surface area contributed by atoms with E-state index >= 15 is 0 Å². The van der Waals surface area contributed by atoms with Crippen LogP contribution in [0.3, 0.4) is 0 Å². The fourth-order valence-corrected chi connectivity index (χ4v) is 5.69. The topological polar surface area (TPSA) is 262 Å². The number of nitrogens with one attached hydrogen (secondary N) is 6. The van der Waals surface area contributed by atoms with Crippen LogP contribution in [-0.4, -0.2) is 81.9 Å². The second kappa shape index (κ2) is 14.5. The maximum atomic E-state index is 12.6. The van der Waals surface area contributed by atoms with Gasteiger partial charge in [-0.1, -0.05) is 12.2 Å². The number of amides is 2. The van der Waals surface area contributed by atoms with Gasteiger partial charge in [0.1, 0.15) is 17.2 Å². The molecule has 45 heavy (non-hydrogen) atoms. The van der Waals surface area contributed by atoms with E-state index in [0.717, 1.165) is 0 Å². The van der Waals surface area contributed by atoms with Crippen LogP contribution in [0.25, 0.3) is 6.08 Å². The summed E-state index contributed by atoms with van der Waals surface area (Å²) in [6.45, 7) is -0.148. The number of nitrogens with two attached hydrogens (primary N) is 2. The summed E-state index contributed by atoms with van der Waals surface area (Å²) in [5.74, 6) is -1.30. The van der Waals surface area contributed by atoms with E-state index in [1.165, 1.54) is 0 Å². The quantitative estimate of drug-likeness (QED) is 0.0955. The molecule has 0 saturated heterocycles. The van der Waals surface area contributed by atoms with E-state index in [4.69, 9.17) is 11.5 Å². The molecule has 1 aliphatic rings. The highest BCUT2D eigenvalue weighted by molar-refractivity contribution is 9.13. The third-order valence-corrected chi connectivity index (χ3v) is 10.3. The van der Waals surface area contributed by atoms with Crippen molar-refractivity contribution in [1.29, 1.82) is 0 Å². The van der Waals surface area contributed by atoms with Crippen LogP contribution in [0.15, 0.2) is 58.5 Å². The molecule has 1 unspecified atom stereocenters. The summed E-state index contributed by atoms with van der Waals surface area (Å²) in [5, 5.41) is 8.32. The SMILES string of the molecule is NC1=NC(/C=C\CNC(=O)c2cc(Br)c(Br)[nH]2)(c2[nH]c(N)nc2/C=C/CNC(=O)c2cc(Br)c(Br)[nH]2)C(=NCCS(=O)(=O)O)N1. The van der Waals surface area contributed by atoms with Gasteiger partial charge < -0.3 is 42.4 Å². The molecule has 16 nitrogen and oxygen atoms in total. The first-order valence-corrected chi connectivity index (χ1v) is 17.4. The number of amidine groups is 1. The average molecular weight is 899 g/mol. The number of aromatic amines is 3. The van der Waals surface area contributed by atoms with Crippen LogP contribution in [0.1, 0.15) is 32.4 Å². The van der Waals surface area contributed by atoms with Crippen LogP contribution in [0.2, 0.25) is 0 Å². The number of imidazole rings is 1. The molecule has 0 bridgehead atoms. The summed E-state index contributed by atoms with van der Waals surface area (Å²) in [6, 6.07) is 3.24. The Kier molecular flexibility index (Phi) is 11.1. The fourth-order valence-electron chi connectivity index (χ4n) is 4.06. The number of nitrogens with zero attached hydrogens (tertiary/aromatic N) is 3. The van der Waals surface area contributed by atoms with Crippen molar-refractivity contribution >= 4 is 109 Å². The van der Waals surface area contributed by atoms with E-state index in [-0.39, 0.29) is 49.2 Å². The summed E-state index contributed by atoms with van der Waals surface area (Å²) in [5.41, 5.74) is 11.8. The molecular weight excluding hydrogens is 874 g/mol. The van der Waals surface area contributed by atoms with Crippen molar-refractivity contribution in [3.05, 3.63) is 71.3 Å². The molecule has 0 saturated carbocycles. The number of rotatable bonds is 12. The lowest BCUT2D eigenvalue weighted by Gasteiger charge is -2.22. The van der Waals surface area contributed by atoms with Gasteiger partial charge in [-0.15, -0.1) is 0 Å². The first kappa shape index (κ1) is 34.6. The molecule has 0 fully saturated rings. The Morgan fingerprint density at radius 1 is 0.978 bits per heavy atom. The Bertz CT molecular complexity index is 1810. The smallest absolute Gasteiger partial charge is 0.268 e. The molecule has 11 N–H and O–H groups in total. The minimum Gasteiger partial charge on any atom is -0.370 e. The summed E-state index contributed by atoms with van der Waals surface area (Å²) in [6.07, 6.45) is 6.42. The van der Waals surface area contributed by atoms with Crippen LogP contribution in [0.5, 0.6) is 0 Å². The minimum atomic E-state index is -4.31. The van der Waals surface area contributed by atoms with Crippen LogP contribution in [-0.2, 0) is 15.7 Å². The maximum absolute atomic E-state index is 12.6. The number of nitrogen functional groups attached to an aromatic ring is 1. The molecule has 0 aromatic carbocycles. The number of carbonyl (C=O) groups is 2. The normalized spacial score (nSPS) is 17.7. The second-order valence-electron chi connectivity index (χ2n) is 9.20. The lowest BCUT2D eigenvalue weighted by atomic mass is 9.92. The molecule has 0 aliphatic carbocycles. The van der Waals surface area contributed by atoms with Crippen LogP contribution >= 0.6 is 63.7 Å². The lowest BCUT2D eigenvalue weighted by Crippen LogP contribution is -2.39. The Hall–Kier alpha value is -3.24. The third kappa shape index (κ3) is 8.73. The molecule has 0 radical (unpaired) electrons. The Morgan fingerprint density at radius 3 is 2.09 bits per heavy atom. The highest BCUT2D eigenvalue weighted by atomic mass is 79.9. The zero-order valence-corrected chi connectivity index (χ0v) is 29.9. The molecule has 2 amide bonds. The molecule has 1 aliphatic heterocycles. The van der Waals surface area contributed by atoms with Gasteiger partial charge in [-0.2, -0.15) is 8.42 Å². The van der Waals surface area contributed by atoms with E-state index in [1.807, 2.05) is 0 Å². The number of anilines is 1. The van der Waals surface area contributed by atoms with Gasteiger partial charge in [-0.25, -0.2) is 9.98 Å². The predicted molar refractivity (Wildman–Crippen MR) is 183 cm³/mol. The molecule has 4 heterocycles. The highest BCUT2D eigenvalue weighted by Gasteiger charge is 2.44. The van der Waals surface area contributed by atoms with Gasteiger partial charge in [0, 0.05) is 13.1 Å². The average Bonchev–Trinajstić information content (AvgIpc) is 3.69. The Balaban J connectivity index is 1.61. The highest BCUT2D eigenvalue weighted by Crippen LogP contribution is 2.34. The van der Waals surface area contributed by atoms with Gasteiger partial charge in [0.15, 0.2) is 17.4 Å². The van der Waals surface area contributed by atoms with Crippen molar-refractivity contribution < 1.29 is 22.6 Å². The Labute approximate surface area is 289 Å². The summed E-state index contributed by atoms with van der Waals surface area (Å²) in [7, 11) is -4.31. The van der Waals surface area contributed by atoms with E-state index in [2.05, 4.69) is 110 Å². The molecule has 3 aromatic rings. The molecule has 0 spiro atoms. The number of aromatic nitrogens is 4. The van der Waals surface area contributed by atoms with Crippen LogP contribution < -0.4 is 27.4 Å². The van der Waals surface area contributed by atoms with Crippen molar-refractivity contribution in [2.45, 2.75) is 5.54 Å². The van der Waals surface area contributed by atoms with Gasteiger partial charge in [-0.3, -0.25) is 19.1 Å². The first-order chi connectivity index (χ1) is 21.2. The van der Waals surface area contributed by atoms with Gasteiger partial charge in [0.05, 0.1) is 41.8 Å². The van der Waals surface area contributed by atoms with E-state index in [1.54, 1.807) is 36.4 Å². The molecule has 4 rings (SSSR count). The molecule has 21 heteroatoms. The van der Waals surface area contributed by atoms with Crippen molar-refractivity contribution in [2.75, 3.05) is 31.1 Å². The maximum Gasteiger partial charge on any atom is 0.268 e. The predicted octanol–water partition coefficient (Wildman–Crippen LogP) is 2.53. The summed E-state index contributed by atoms with van der Waals surface area (Å²) < 4.78 is 34.5. The van der Waals surface area contributed by atoms with Crippen LogP contribution in [0.4, 0.5) is 5.95 Å². The Morgan fingerprint density at radius 2 is 1.56 bits per heavy atom. The van der Waals surface area contributed by atoms with E-state index in [0.29, 0.717) is 40.9 Å². The molecule has 3 aromatic heterocycles. The van der Waals surface area contributed by atoms with E-state index in [9.17, 15) is 22.6 Å². The third-order valence-electron chi connectivity index (χ3n) is 5.99. The number of halogens is 4. The number of hydrogen-bond donors (Lipinski definition) is 9. The molecule has 240 valence electrons. The van der Waals surface area contributed by atoms with Gasteiger partial charge >= 0.3 is 0 Å².